The van der Waals surface area contributed by atoms with Crippen molar-refractivity contribution in [2.75, 3.05) is 69.4 Å². The number of aryl methyl sites for hydroxylation is 1. The van der Waals surface area contributed by atoms with Gasteiger partial charge in [-0.1, -0.05) is 13.0 Å². The molecule has 10 heteroatoms. The maximum Gasteiger partial charge on any atom is 0.151 e. The third kappa shape index (κ3) is 5.83. The topological polar surface area (TPSA) is 95.7 Å². The van der Waals surface area contributed by atoms with Crippen LogP contribution in [0.1, 0.15) is 51.6 Å². The molecule has 2 saturated heterocycles. The first-order valence-electron chi connectivity index (χ1n) is 15.5. The number of piperidine rings is 1. The van der Waals surface area contributed by atoms with Crippen LogP contribution in [0.15, 0.2) is 24.4 Å². The number of benzene rings is 1. The predicted octanol–water partition coefficient (Wildman–Crippen LogP) is 4.75. The number of anilines is 3. The SMILES string of the molecule is CCc1nc2c(N)ncc(-c3ccc(N4CCC(N5CCN(C)CC5)CC4)c(OC)c3)c2nc1NC1CCC(C)(F)C1. The van der Waals surface area contributed by atoms with E-state index in [1.54, 1.807) is 20.2 Å². The Hall–Kier alpha value is -3.24. The van der Waals surface area contributed by atoms with Crippen LogP contribution < -0.4 is 20.7 Å². The van der Waals surface area contributed by atoms with Gasteiger partial charge in [-0.05, 0) is 63.8 Å². The molecule has 1 aromatic carbocycles. The van der Waals surface area contributed by atoms with Gasteiger partial charge in [0.25, 0.3) is 0 Å². The minimum atomic E-state index is -1.15. The molecule has 0 spiro atoms. The molecule has 4 heterocycles. The standard InChI is InChI=1S/C32H45FN8O/c1-5-25-31(36-22-8-11-32(2,33)19-22)38-28-24(20-35-30(34)29(28)37-25)21-6-7-26(27(18-21)42-4)41-12-9-23(10-13-41)40-16-14-39(3)15-17-40/h6-7,18,20,22-23H,5,8-17,19H2,1-4H3,(H2,34,35)(H,36,38). The molecule has 0 bridgehead atoms. The fourth-order valence-electron chi connectivity index (χ4n) is 6.94. The van der Waals surface area contributed by atoms with E-state index in [0.717, 1.165) is 73.7 Å². The van der Waals surface area contributed by atoms with E-state index in [1.165, 1.54) is 13.1 Å². The summed E-state index contributed by atoms with van der Waals surface area (Å²) in [5, 5.41) is 3.50. The monoisotopic (exact) mass is 576 g/mol. The number of aromatic nitrogens is 3. The fourth-order valence-corrected chi connectivity index (χ4v) is 6.94. The van der Waals surface area contributed by atoms with E-state index in [9.17, 15) is 4.39 Å². The number of nitrogens with two attached hydrogens (primary N) is 1. The molecule has 3 aromatic rings. The van der Waals surface area contributed by atoms with Crippen molar-refractivity contribution >= 4 is 28.4 Å². The number of hydrogen-bond donors (Lipinski definition) is 2. The number of piperazine rings is 1. The van der Waals surface area contributed by atoms with E-state index in [-0.39, 0.29) is 6.04 Å². The van der Waals surface area contributed by atoms with E-state index < -0.39 is 5.67 Å². The van der Waals surface area contributed by atoms with Gasteiger partial charge in [0.1, 0.15) is 28.3 Å². The second-order valence-electron chi connectivity index (χ2n) is 12.6. The quantitative estimate of drug-likeness (QED) is 0.413. The number of alkyl halides is 1. The van der Waals surface area contributed by atoms with Gasteiger partial charge in [0.2, 0.25) is 0 Å². The molecule has 1 aliphatic carbocycles. The maximum absolute atomic E-state index is 14.6. The van der Waals surface area contributed by atoms with E-state index >= 15 is 0 Å². The molecule has 0 radical (unpaired) electrons. The molecule has 9 nitrogen and oxygen atoms in total. The van der Waals surface area contributed by atoms with Gasteiger partial charge >= 0.3 is 0 Å². The van der Waals surface area contributed by atoms with Crippen molar-refractivity contribution in [1.82, 2.24) is 24.8 Å². The first kappa shape index (κ1) is 28.9. The van der Waals surface area contributed by atoms with E-state index in [4.69, 9.17) is 20.4 Å². The summed E-state index contributed by atoms with van der Waals surface area (Å²) in [6.07, 6.45) is 6.56. The number of likely N-dealkylation sites (N-methyl/N-ethyl adjacent to an activating group) is 1. The Kier molecular flexibility index (Phi) is 8.11. The Morgan fingerprint density at radius 3 is 2.50 bits per heavy atom. The fraction of sp³-hybridized carbons (Fsp3) is 0.594. The number of hydrogen-bond acceptors (Lipinski definition) is 9. The molecule has 2 atom stereocenters. The number of nitrogens with zero attached hydrogens (tertiary/aromatic N) is 6. The molecule has 2 unspecified atom stereocenters. The van der Waals surface area contributed by atoms with Gasteiger partial charge in [-0.15, -0.1) is 0 Å². The first-order chi connectivity index (χ1) is 20.2. The summed E-state index contributed by atoms with van der Waals surface area (Å²) in [4.78, 5) is 22.0. The van der Waals surface area contributed by atoms with Gasteiger partial charge in [-0.3, -0.25) is 4.90 Å². The molecular weight excluding hydrogens is 531 g/mol. The summed E-state index contributed by atoms with van der Waals surface area (Å²) < 4.78 is 20.5. The lowest BCUT2D eigenvalue weighted by atomic mass is 10.00. The number of halogens is 1. The van der Waals surface area contributed by atoms with Crippen molar-refractivity contribution in [1.29, 1.82) is 0 Å². The van der Waals surface area contributed by atoms with Crippen LogP contribution >= 0.6 is 0 Å². The van der Waals surface area contributed by atoms with E-state index in [2.05, 4.69) is 50.2 Å². The molecule has 1 saturated carbocycles. The minimum absolute atomic E-state index is 0.0273. The van der Waals surface area contributed by atoms with Crippen LogP contribution in [0.25, 0.3) is 22.2 Å². The van der Waals surface area contributed by atoms with E-state index in [0.29, 0.717) is 48.0 Å². The lowest BCUT2D eigenvalue weighted by molar-refractivity contribution is 0.0981. The van der Waals surface area contributed by atoms with Crippen LogP contribution in [0.2, 0.25) is 0 Å². The highest BCUT2D eigenvalue weighted by Gasteiger charge is 2.35. The van der Waals surface area contributed by atoms with Crippen LogP contribution in [0.3, 0.4) is 0 Å². The van der Waals surface area contributed by atoms with Crippen LogP contribution in [-0.2, 0) is 6.42 Å². The smallest absolute Gasteiger partial charge is 0.151 e. The van der Waals surface area contributed by atoms with E-state index in [1.807, 2.05) is 6.92 Å². The normalized spacial score (nSPS) is 24.4. The van der Waals surface area contributed by atoms with Crippen molar-refractivity contribution < 1.29 is 9.13 Å². The Morgan fingerprint density at radius 2 is 1.83 bits per heavy atom. The molecule has 2 aliphatic heterocycles. The number of pyridine rings is 1. The molecule has 3 fully saturated rings. The van der Waals surface area contributed by atoms with Gasteiger partial charge in [-0.25, -0.2) is 19.3 Å². The highest BCUT2D eigenvalue weighted by molar-refractivity contribution is 5.97. The predicted molar refractivity (Wildman–Crippen MR) is 168 cm³/mol. The molecule has 2 aromatic heterocycles. The highest BCUT2D eigenvalue weighted by Crippen LogP contribution is 2.39. The summed E-state index contributed by atoms with van der Waals surface area (Å²) in [5.74, 6) is 1.89. The Balaban J connectivity index is 1.26. The number of nitrogens with one attached hydrogen (secondary N) is 1. The zero-order valence-electron chi connectivity index (χ0n) is 25.5. The molecule has 3 aliphatic rings. The van der Waals surface area contributed by atoms with Crippen LogP contribution in [0, 0.1) is 0 Å². The second-order valence-corrected chi connectivity index (χ2v) is 12.6. The molecule has 3 N–H and O–H groups in total. The summed E-state index contributed by atoms with van der Waals surface area (Å²) in [5.41, 5.74) is 10.2. The second kappa shape index (κ2) is 11.8. The van der Waals surface area contributed by atoms with Gasteiger partial charge in [0.15, 0.2) is 5.82 Å². The van der Waals surface area contributed by atoms with Crippen molar-refractivity contribution in [3.05, 3.63) is 30.1 Å². The van der Waals surface area contributed by atoms with Gasteiger partial charge in [-0.2, -0.15) is 0 Å². The summed E-state index contributed by atoms with van der Waals surface area (Å²) in [6, 6.07) is 7.03. The highest BCUT2D eigenvalue weighted by atomic mass is 19.1. The maximum atomic E-state index is 14.6. The van der Waals surface area contributed by atoms with Gasteiger partial charge in [0.05, 0.1) is 18.5 Å². The zero-order chi connectivity index (χ0) is 29.4. The molecule has 6 rings (SSSR count). The Labute approximate surface area is 248 Å². The summed E-state index contributed by atoms with van der Waals surface area (Å²) >= 11 is 0. The molecular formula is C32H45FN8O. The minimum Gasteiger partial charge on any atom is -0.495 e. The molecule has 0 amide bonds. The van der Waals surface area contributed by atoms with Crippen molar-refractivity contribution in [3.8, 4) is 16.9 Å². The molecule has 226 valence electrons. The third-order valence-electron chi connectivity index (χ3n) is 9.51. The Bertz CT molecular complexity index is 1420. The van der Waals surface area contributed by atoms with Gasteiger partial charge in [0, 0.05) is 69.5 Å². The number of rotatable bonds is 7. The molecule has 42 heavy (non-hydrogen) atoms. The number of methoxy groups -OCH3 is 1. The Morgan fingerprint density at radius 1 is 1.07 bits per heavy atom. The average Bonchev–Trinajstić information content (AvgIpc) is 3.35. The van der Waals surface area contributed by atoms with Crippen molar-refractivity contribution in [2.24, 2.45) is 0 Å². The van der Waals surface area contributed by atoms with Crippen molar-refractivity contribution in [3.63, 3.8) is 0 Å². The van der Waals surface area contributed by atoms with Gasteiger partial charge < -0.3 is 25.6 Å². The van der Waals surface area contributed by atoms with Crippen molar-refractivity contribution in [2.45, 2.75) is 70.1 Å². The summed E-state index contributed by atoms with van der Waals surface area (Å²) in [7, 11) is 3.94. The zero-order valence-corrected chi connectivity index (χ0v) is 25.5. The number of nitrogen functional groups attached to an aromatic ring is 1. The average molecular weight is 577 g/mol. The number of ether oxygens (including phenoxy) is 1. The first-order valence-corrected chi connectivity index (χ1v) is 15.5. The lowest BCUT2D eigenvalue weighted by Crippen LogP contribution is -2.52. The van der Waals surface area contributed by atoms with Crippen LogP contribution in [-0.4, -0.2) is 95.9 Å². The summed E-state index contributed by atoms with van der Waals surface area (Å²) in [6.45, 7) is 10.4. The van der Waals surface area contributed by atoms with Crippen LogP contribution in [0.5, 0.6) is 5.75 Å². The lowest BCUT2D eigenvalue weighted by Gasteiger charge is -2.42. The third-order valence-corrected chi connectivity index (χ3v) is 9.51. The number of fused-ring (bicyclic) bond motifs is 1. The largest absolute Gasteiger partial charge is 0.495 e. The van der Waals surface area contributed by atoms with Crippen LogP contribution in [0.4, 0.5) is 21.7 Å².